The van der Waals surface area contributed by atoms with E-state index in [0.717, 1.165) is 11.1 Å². The fraction of sp³-hybridized carbons (Fsp3) is 0.182. The molecule has 4 nitrogen and oxygen atoms in total. The van der Waals surface area contributed by atoms with Crippen molar-refractivity contribution in [3.05, 3.63) is 84.4 Å². The molecule has 1 atom stereocenters. The summed E-state index contributed by atoms with van der Waals surface area (Å²) < 4.78 is 22.4. The first-order chi connectivity index (χ1) is 12.7. The van der Waals surface area contributed by atoms with Crippen LogP contribution in [0.25, 0.3) is 11.1 Å². The molecule has 0 aliphatic carbocycles. The summed E-state index contributed by atoms with van der Waals surface area (Å²) in [6.45, 7) is 6.54. The van der Waals surface area contributed by atoms with E-state index in [1.807, 2.05) is 12.1 Å². The quantitative estimate of drug-likeness (QED) is 0.533. The smallest absolute Gasteiger partial charge is 0.395 e. The molecule has 0 aliphatic heterocycles. The van der Waals surface area contributed by atoms with Gasteiger partial charge in [0.1, 0.15) is 11.5 Å². The van der Waals surface area contributed by atoms with Gasteiger partial charge in [-0.1, -0.05) is 75.4 Å². The highest BCUT2D eigenvalue weighted by Gasteiger charge is 2.25. The number of para-hydroxylation sites is 1. The van der Waals surface area contributed by atoms with Crippen LogP contribution in [-0.2, 0) is 9.98 Å². The van der Waals surface area contributed by atoms with Crippen molar-refractivity contribution < 1.29 is 18.5 Å². The summed E-state index contributed by atoms with van der Waals surface area (Å²) in [5, 5.41) is 0. The maximum atomic E-state index is 12.2. The van der Waals surface area contributed by atoms with E-state index in [1.54, 1.807) is 42.5 Å². The van der Waals surface area contributed by atoms with E-state index in [1.165, 1.54) is 5.56 Å². The van der Waals surface area contributed by atoms with Crippen molar-refractivity contribution in [2.45, 2.75) is 26.2 Å². The number of rotatable bonds is 5. The van der Waals surface area contributed by atoms with Crippen molar-refractivity contribution in [3.8, 4) is 22.6 Å². The van der Waals surface area contributed by atoms with Crippen LogP contribution in [-0.4, -0.2) is 4.89 Å². The minimum atomic E-state index is -4.25. The summed E-state index contributed by atoms with van der Waals surface area (Å²) in [6.07, 6.45) is 0. The molecule has 3 aromatic carbocycles. The predicted octanol–water partition coefficient (Wildman–Crippen LogP) is 6.21. The van der Waals surface area contributed by atoms with E-state index in [4.69, 9.17) is 9.05 Å². The Bertz CT molecular complexity index is 927. The molecule has 0 radical (unpaired) electrons. The van der Waals surface area contributed by atoms with Gasteiger partial charge in [-0.3, -0.25) is 4.89 Å². The van der Waals surface area contributed by atoms with Crippen LogP contribution in [0.1, 0.15) is 26.3 Å². The number of phosphoric acid groups is 1. The third kappa shape index (κ3) is 5.22. The third-order valence-electron chi connectivity index (χ3n) is 4.12. The fourth-order valence-electron chi connectivity index (χ4n) is 2.64. The van der Waals surface area contributed by atoms with Crippen LogP contribution in [0.15, 0.2) is 78.9 Å². The van der Waals surface area contributed by atoms with Crippen LogP contribution >= 0.6 is 7.82 Å². The first-order valence-electron chi connectivity index (χ1n) is 8.71. The largest absolute Gasteiger partial charge is 0.584 e. The van der Waals surface area contributed by atoms with Crippen LogP contribution in [0.4, 0.5) is 0 Å². The molecule has 0 saturated heterocycles. The van der Waals surface area contributed by atoms with Gasteiger partial charge in [-0.2, -0.15) is 0 Å². The van der Waals surface area contributed by atoms with Gasteiger partial charge >= 0.3 is 7.82 Å². The predicted molar refractivity (Wildman–Crippen MR) is 108 cm³/mol. The molecule has 0 bridgehead atoms. The Morgan fingerprint density at radius 1 is 0.704 bits per heavy atom. The second-order valence-corrected chi connectivity index (χ2v) is 8.62. The van der Waals surface area contributed by atoms with Gasteiger partial charge in [0.25, 0.3) is 0 Å². The zero-order valence-electron chi connectivity index (χ0n) is 15.6. The molecule has 5 heteroatoms. The summed E-state index contributed by atoms with van der Waals surface area (Å²) in [4.78, 5) is 9.93. The van der Waals surface area contributed by atoms with Crippen LogP contribution in [0, 0.1) is 0 Å². The van der Waals surface area contributed by atoms with Crippen molar-refractivity contribution in [2.75, 3.05) is 0 Å². The number of benzene rings is 3. The van der Waals surface area contributed by atoms with E-state index >= 15 is 0 Å². The van der Waals surface area contributed by atoms with Gasteiger partial charge in [0.15, 0.2) is 0 Å². The highest BCUT2D eigenvalue weighted by atomic mass is 31.2. The Balaban J connectivity index is 1.71. The van der Waals surface area contributed by atoms with Crippen molar-refractivity contribution in [1.29, 1.82) is 0 Å². The molecule has 1 unspecified atom stereocenters. The standard InChI is InChI=1S/C22H23O4P/c1-22(2,3)19-13-9-17(10-14-19)18-11-15-21(16-12-18)26-27(23,24)25-20-7-5-4-6-8-20/h4-16H,1-3H3,(H,23,24). The maximum absolute atomic E-state index is 12.2. The molecule has 27 heavy (non-hydrogen) atoms. The second kappa shape index (κ2) is 7.59. The second-order valence-electron chi connectivity index (χ2n) is 7.32. The Hall–Kier alpha value is -2.55. The van der Waals surface area contributed by atoms with Gasteiger partial charge in [-0.15, -0.1) is 0 Å². The van der Waals surface area contributed by atoms with E-state index in [0.29, 0.717) is 0 Å². The monoisotopic (exact) mass is 382 g/mol. The lowest BCUT2D eigenvalue weighted by atomic mass is 9.86. The molecule has 1 N–H and O–H groups in total. The first kappa shape index (κ1) is 19.2. The molecule has 3 rings (SSSR count). The Labute approximate surface area is 160 Å². The molecule has 3 aromatic rings. The van der Waals surface area contributed by atoms with Crippen LogP contribution < -0.4 is 9.05 Å². The molecule has 140 valence electrons. The van der Waals surface area contributed by atoms with Gasteiger partial charge in [0.05, 0.1) is 0 Å². The highest BCUT2D eigenvalue weighted by molar-refractivity contribution is 7.48. The van der Waals surface area contributed by atoms with Gasteiger partial charge in [-0.25, -0.2) is 4.57 Å². The summed E-state index contributed by atoms with van der Waals surface area (Å²) >= 11 is 0. The fourth-order valence-corrected chi connectivity index (χ4v) is 3.45. The molecule has 0 heterocycles. The molecule has 0 saturated carbocycles. The van der Waals surface area contributed by atoms with Crippen LogP contribution in [0.2, 0.25) is 0 Å². The Morgan fingerprint density at radius 2 is 1.15 bits per heavy atom. The van der Waals surface area contributed by atoms with Crippen molar-refractivity contribution in [3.63, 3.8) is 0 Å². The molecular weight excluding hydrogens is 359 g/mol. The third-order valence-corrected chi connectivity index (χ3v) is 5.01. The molecule has 0 aromatic heterocycles. The van der Waals surface area contributed by atoms with E-state index < -0.39 is 7.82 Å². The zero-order chi connectivity index (χ0) is 19.5. The zero-order valence-corrected chi connectivity index (χ0v) is 16.5. The minimum absolute atomic E-state index is 0.108. The summed E-state index contributed by atoms with van der Waals surface area (Å²) in [6, 6.07) is 23.8. The normalized spacial score (nSPS) is 13.6. The average molecular weight is 382 g/mol. The van der Waals surface area contributed by atoms with Crippen molar-refractivity contribution >= 4 is 7.82 Å². The lowest BCUT2D eigenvalue weighted by Gasteiger charge is -2.19. The van der Waals surface area contributed by atoms with Gasteiger partial charge < -0.3 is 9.05 Å². The number of phosphoric ester groups is 1. The van der Waals surface area contributed by atoms with E-state index in [2.05, 4.69) is 45.0 Å². The molecule has 0 spiro atoms. The molecule has 0 aliphatic rings. The molecular formula is C22H23O4P. The summed E-state index contributed by atoms with van der Waals surface area (Å²) in [5.74, 6) is 0.547. The topological polar surface area (TPSA) is 55.8 Å². The van der Waals surface area contributed by atoms with E-state index in [-0.39, 0.29) is 16.9 Å². The highest BCUT2D eigenvalue weighted by Crippen LogP contribution is 2.44. The van der Waals surface area contributed by atoms with Crippen LogP contribution in [0.5, 0.6) is 11.5 Å². The van der Waals surface area contributed by atoms with Crippen LogP contribution in [0.3, 0.4) is 0 Å². The molecule has 0 fully saturated rings. The first-order valence-corrected chi connectivity index (χ1v) is 10.2. The van der Waals surface area contributed by atoms with Gasteiger partial charge in [-0.05, 0) is 46.4 Å². The Morgan fingerprint density at radius 3 is 1.63 bits per heavy atom. The minimum Gasteiger partial charge on any atom is -0.395 e. The summed E-state index contributed by atoms with van der Waals surface area (Å²) in [7, 11) is -4.25. The average Bonchev–Trinajstić information content (AvgIpc) is 2.62. The number of hydrogen-bond acceptors (Lipinski definition) is 3. The van der Waals surface area contributed by atoms with Crippen molar-refractivity contribution in [1.82, 2.24) is 0 Å². The van der Waals surface area contributed by atoms with Gasteiger partial charge in [0, 0.05) is 0 Å². The van der Waals surface area contributed by atoms with Gasteiger partial charge in [0.2, 0.25) is 0 Å². The number of hydrogen-bond donors (Lipinski definition) is 1. The molecule has 0 amide bonds. The SMILES string of the molecule is CC(C)(C)c1ccc(-c2ccc(OP(=O)(O)Oc3ccccc3)cc2)cc1. The van der Waals surface area contributed by atoms with E-state index in [9.17, 15) is 9.46 Å². The lowest BCUT2D eigenvalue weighted by molar-refractivity contribution is 0.291. The Kier molecular flexibility index (Phi) is 5.41. The summed E-state index contributed by atoms with van der Waals surface area (Å²) in [5.41, 5.74) is 3.45. The lowest BCUT2D eigenvalue weighted by Crippen LogP contribution is -2.10. The maximum Gasteiger partial charge on any atom is 0.584 e. The van der Waals surface area contributed by atoms with Crippen molar-refractivity contribution in [2.24, 2.45) is 0 Å².